The number of piperidine rings is 4. The van der Waals surface area contributed by atoms with Crippen molar-refractivity contribution in [2.45, 2.75) is 31.7 Å². The van der Waals surface area contributed by atoms with Crippen molar-refractivity contribution >= 4 is 0 Å². The average Bonchev–Trinajstić information content (AvgIpc) is 2.40. The van der Waals surface area contributed by atoms with E-state index in [9.17, 15) is 0 Å². The molecule has 2 unspecified atom stereocenters. The van der Waals surface area contributed by atoms with Gasteiger partial charge in [0.1, 0.15) is 0 Å². The monoisotopic (exact) mass is 237 g/mol. The van der Waals surface area contributed by atoms with Crippen LogP contribution in [0.1, 0.15) is 25.7 Å². The van der Waals surface area contributed by atoms with E-state index in [2.05, 4.69) is 16.8 Å². The van der Waals surface area contributed by atoms with Crippen molar-refractivity contribution in [3.05, 3.63) is 0 Å². The predicted molar refractivity (Wildman–Crippen MR) is 70.9 cm³/mol. The molecule has 4 heterocycles. The van der Waals surface area contributed by atoms with E-state index in [0.717, 1.165) is 30.3 Å². The van der Waals surface area contributed by atoms with E-state index in [4.69, 9.17) is 5.73 Å². The summed E-state index contributed by atoms with van der Waals surface area (Å²) in [5.41, 5.74) is 6.08. The van der Waals surface area contributed by atoms with Crippen molar-refractivity contribution < 1.29 is 0 Å². The molecule has 3 nitrogen and oxygen atoms in total. The van der Waals surface area contributed by atoms with Gasteiger partial charge in [0.05, 0.1) is 0 Å². The molecule has 0 amide bonds. The molecule has 4 rings (SSSR count). The van der Waals surface area contributed by atoms with Crippen LogP contribution in [0.3, 0.4) is 0 Å². The molecule has 0 aromatic rings. The Hall–Kier alpha value is -0.120. The number of likely N-dealkylation sites (tertiary alicyclic amines) is 1. The van der Waals surface area contributed by atoms with Crippen molar-refractivity contribution in [3.8, 4) is 0 Å². The SMILES string of the molecule is CN1CCC(C2C(CN)C3CCN2CC3)CC1. The lowest BCUT2D eigenvalue weighted by Crippen LogP contribution is -2.60. The summed E-state index contributed by atoms with van der Waals surface area (Å²) in [7, 11) is 2.25. The summed E-state index contributed by atoms with van der Waals surface area (Å²) in [5.74, 6) is 2.66. The highest BCUT2D eigenvalue weighted by Gasteiger charge is 2.44. The van der Waals surface area contributed by atoms with Gasteiger partial charge < -0.3 is 10.6 Å². The second-order valence-corrected chi connectivity index (χ2v) is 6.40. The zero-order chi connectivity index (χ0) is 11.8. The van der Waals surface area contributed by atoms with E-state index in [-0.39, 0.29) is 0 Å². The van der Waals surface area contributed by atoms with Gasteiger partial charge in [-0.15, -0.1) is 0 Å². The van der Waals surface area contributed by atoms with Crippen LogP contribution in [0.2, 0.25) is 0 Å². The van der Waals surface area contributed by atoms with Crippen LogP contribution in [-0.4, -0.2) is 55.6 Å². The first kappa shape index (κ1) is 11.9. The molecule has 0 aliphatic carbocycles. The van der Waals surface area contributed by atoms with Crippen molar-refractivity contribution in [2.24, 2.45) is 23.5 Å². The molecule has 17 heavy (non-hydrogen) atoms. The molecule has 2 atom stereocenters. The maximum atomic E-state index is 6.08. The Bertz CT molecular complexity index is 252. The second kappa shape index (κ2) is 4.87. The van der Waals surface area contributed by atoms with Gasteiger partial charge in [-0.2, -0.15) is 0 Å². The molecule has 0 spiro atoms. The predicted octanol–water partition coefficient (Wildman–Crippen LogP) is 0.997. The summed E-state index contributed by atoms with van der Waals surface area (Å²) in [6.45, 7) is 6.18. The molecule has 4 aliphatic heterocycles. The molecule has 2 bridgehead atoms. The number of fused-ring (bicyclic) bond motifs is 3. The first-order valence-electron chi connectivity index (χ1n) is 7.42. The largest absolute Gasteiger partial charge is 0.330 e. The van der Waals surface area contributed by atoms with Crippen LogP contribution in [0, 0.1) is 17.8 Å². The van der Waals surface area contributed by atoms with Crippen molar-refractivity contribution in [3.63, 3.8) is 0 Å². The minimum absolute atomic E-state index is 0.797. The minimum atomic E-state index is 0.797. The Morgan fingerprint density at radius 1 is 0.941 bits per heavy atom. The van der Waals surface area contributed by atoms with Gasteiger partial charge in [-0.05, 0) is 83.2 Å². The van der Waals surface area contributed by atoms with E-state index < -0.39 is 0 Å². The van der Waals surface area contributed by atoms with Crippen molar-refractivity contribution in [1.82, 2.24) is 9.80 Å². The van der Waals surface area contributed by atoms with Crippen LogP contribution < -0.4 is 5.73 Å². The fraction of sp³-hybridized carbons (Fsp3) is 1.00. The summed E-state index contributed by atoms with van der Waals surface area (Å²) in [6.07, 6.45) is 5.59. The molecule has 3 heteroatoms. The lowest BCUT2D eigenvalue weighted by molar-refractivity contribution is -0.0464. The third kappa shape index (κ3) is 2.13. The van der Waals surface area contributed by atoms with Crippen LogP contribution in [0.15, 0.2) is 0 Å². The Labute approximate surface area is 105 Å². The molecule has 0 saturated carbocycles. The number of rotatable bonds is 2. The van der Waals surface area contributed by atoms with E-state index in [1.165, 1.54) is 51.9 Å². The van der Waals surface area contributed by atoms with E-state index >= 15 is 0 Å². The normalized spacial score (nSPS) is 44.1. The Morgan fingerprint density at radius 3 is 2.12 bits per heavy atom. The highest BCUT2D eigenvalue weighted by Crippen LogP contribution is 2.41. The fourth-order valence-electron chi connectivity index (χ4n) is 4.55. The molecule has 4 aliphatic rings. The van der Waals surface area contributed by atoms with Crippen LogP contribution in [0.25, 0.3) is 0 Å². The van der Waals surface area contributed by atoms with Crippen molar-refractivity contribution in [1.29, 1.82) is 0 Å². The lowest BCUT2D eigenvalue weighted by atomic mass is 9.68. The molecule has 2 N–H and O–H groups in total. The van der Waals surface area contributed by atoms with E-state index in [0.29, 0.717) is 0 Å². The summed E-state index contributed by atoms with van der Waals surface area (Å²) >= 11 is 0. The summed E-state index contributed by atoms with van der Waals surface area (Å²) < 4.78 is 0. The van der Waals surface area contributed by atoms with Gasteiger partial charge in [0.2, 0.25) is 0 Å². The number of nitrogens with two attached hydrogens (primary N) is 1. The number of nitrogens with zero attached hydrogens (tertiary/aromatic N) is 2. The minimum Gasteiger partial charge on any atom is -0.330 e. The number of hydrogen-bond acceptors (Lipinski definition) is 3. The average molecular weight is 237 g/mol. The van der Waals surface area contributed by atoms with Gasteiger partial charge in [-0.25, -0.2) is 0 Å². The third-order valence-corrected chi connectivity index (χ3v) is 5.56. The molecular formula is C14H27N3. The van der Waals surface area contributed by atoms with Gasteiger partial charge in [0.25, 0.3) is 0 Å². The highest BCUT2D eigenvalue weighted by molar-refractivity contribution is 4.98. The smallest absolute Gasteiger partial charge is 0.0167 e. The standard InChI is InChI=1S/C14H27N3/c1-16-6-2-12(3-7-16)14-13(10-15)11-4-8-17(14)9-5-11/h11-14H,2-10,15H2,1H3. The molecule has 4 saturated heterocycles. The molecule has 0 aromatic heterocycles. The summed E-state index contributed by atoms with van der Waals surface area (Å²) in [4.78, 5) is 5.25. The van der Waals surface area contributed by atoms with Crippen molar-refractivity contribution in [2.75, 3.05) is 39.8 Å². The second-order valence-electron chi connectivity index (χ2n) is 6.40. The van der Waals surface area contributed by atoms with Gasteiger partial charge in [0, 0.05) is 6.04 Å². The maximum absolute atomic E-state index is 6.08. The fourth-order valence-corrected chi connectivity index (χ4v) is 4.55. The van der Waals surface area contributed by atoms with E-state index in [1.54, 1.807) is 0 Å². The topological polar surface area (TPSA) is 32.5 Å². The van der Waals surface area contributed by atoms with Gasteiger partial charge in [-0.1, -0.05) is 0 Å². The number of hydrogen-bond donors (Lipinski definition) is 1. The summed E-state index contributed by atoms with van der Waals surface area (Å²) in [5, 5.41) is 0. The van der Waals surface area contributed by atoms with Crippen LogP contribution in [0.4, 0.5) is 0 Å². The molecular weight excluding hydrogens is 210 g/mol. The first-order valence-corrected chi connectivity index (χ1v) is 7.42. The Balaban J connectivity index is 1.71. The quantitative estimate of drug-likeness (QED) is 0.777. The lowest BCUT2D eigenvalue weighted by Gasteiger charge is -2.54. The molecule has 0 radical (unpaired) electrons. The third-order valence-electron chi connectivity index (χ3n) is 5.56. The van der Waals surface area contributed by atoms with Crippen LogP contribution >= 0.6 is 0 Å². The highest BCUT2D eigenvalue weighted by atomic mass is 15.2. The van der Waals surface area contributed by atoms with Crippen LogP contribution in [0.5, 0.6) is 0 Å². The van der Waals surface area contributed by atoms with E-state index in [1.807, 2.05) is 0 Å². The Morgan fingerprint density at radius 2 is 1.53 bits per heavy atom. The molecule has 4 fully saturated rings. The first-order chi connectivity index (χ1) is 8.29. The van der Waals surface area contributed by atoms with Gasteiger partial charge in [-0.3, -0.25) is 4.90 Å². The maximum Gasteiger partial charge on any atom is 0.0167 e. The summed E-state index contributed by atoms with van der Waals surface area (Å²) in [6, 6.07) is 0.821. The Kier molecular flexibility index (Phi) is 3.42. The zero-order valence-corrected chi connectivity index (χ0v) is 11.1. The zero-order valence-electron chi connectivity index (χ0n) is 11.1. The van der Waals surface area contributed by atoms with Gasteiger partial charge >= 0.3 is 0 Å². The van der Waals surface area contributed by atoms with Gasteiger partial charge in [0.15, 0.2) is 0 Å². The molecule has 98 valence electrons. The van der Waals surface area contributed by atoms with Crippen LogP contribution in [-0.2, 0) is 0 Å². The molecule has 0 aromatic carbocycles.